The minimum absolute atomic E-state index is 0.00207. The summed E-state index contributed by atoms with van der Waals surface area (Å²) in [5, 5.41) is 4.08. The highest BCUT2D eigenvalue weighted by Gasteiger charge is 2.43. The van der Waals surface area contributed by atoms with Crippen molar-refractivity contribution in [2.75, 3.05) is 14.2 Å². The van der Waals surface area contributed by atoms with Crippen molar-refractivity contribution in [3.05, 3.63) is 81.2 Å². The van der Waals surface area contributed by atoms with Crippen molar-refractivity contribution in [1.82, 2.24) is 5.32 Å². The topological polar surface area (TPSA) is 73.9 Å². The molecule has 2 aromatic carbocycles. The van der Waals surface area contributed by atoms with Crippen molar-refractivity contribution in [3.8, 4) is 11.5 Å². The van der Waals surface area contributed by atoms with Crippen LogP contribution in [0.2, 0.25) is 5.02 Å². The molecule has 5 rings (SSSR count). The molecule has 0 radical (unpaired) electrons. The fourth-order valence-electron chi connectivity index (χ4n) is 5.95. The molecular formula is C30H32ClNO5. The van der Waals surface area contributed by atoms with Crippen molar-refractivity contribution in [3.63, 3.8) is 0 Å². The van der Waals surface area contributed by atoms with Crippen molar-refractivity contribution < 1.29 is 23.8 Å². The first-order valence-electron chi connectivity index (χ1n) is 12.8. The van der Waals surface area contributed by atoms with Crippen molar-refractivity contribution in [2.45, 2.75) is 63.4 Å². The molecule has 6 nitrogen and oxygen atoms in total. The first-order chi connectivity index (χ1) is 17.9. The van der Waals surface area contributed by atoms with Crippen LogP contribution in [-0.2, 0) is 14.3 Å². The number of allylic oxidation sites excluding steroid dienone is 3. The number of carbonyl (C=O) groups is 2. The molecular weight excluding hydrogens is 490 g/mol. The summed E-state index contributed by atoms with van der Waals surface area (Å²) in [6, 6.07) is 13.2. The molecule has 1 N–H and O–H groups in total. The van der Waals surface area contributed by atoms with E-state index in [1.165, 1.54) is 0 Å². The molecule has 194 valence electrons. The Bertz CT molecular complexity index is 1270. The maximum Gasteiger partial charge on any atom is 0.337 e. The molecule has 0 saturated heterocycles. The zero-order valence-electron chi connectivity index (χ0n) is 21.4. The number of ether oxygens (including phenoxy) is 3. The van der Waals surface area contributed by atoms with Crippen LogP contribution in [0.5, 0.6) is 11.5 Å². The smallest absolute Gasteiger partial charge is 0.337 e. The van der Waals surface area contributed by atoms with E-state index in [1.807, 2.05) is 49.4 Å². The number of para-hydroxylation sites is 1. The molecule has 1 aliphatic heterocycles. The monoisotopic (exact) mass is 521 g/mol. The van der Waals surface area contributed by atoms with Crippen LogP contribution in [0.1, 0.15) is 68.4 Å². The van der Waals surface area contributed by atoms with Crippen molar-refractivity contribution in [2.24, 2.45) is 0 Å². The molecule has 1 fully saturated rings. The van der Waals surface area contributed by atoms with E-state index in [0.717, 1.165) is 36.9 Å². The largest absolute Gasteiger partial charge is 0.493 e. The Kier molecular flexibility index (Phi) is 7.29. The Morgan fingerprint density at radius 3 is 2.41 bits per heavy atom. The van der Waals surface area contributed by atoms with Crippen molar-refractivity contribution in [1.29, 1.82) is 0 Å². The third-order valence-electron chi connectivity index (χ3n) is 7.71. The number of dihydropyridines is 1. The number of esters is 1. The summed E-state index contributed by atoms with van der Waals surface area (Å²) in [5.41, 5.74) is 4.36. The lowest BCUT2D eigenvalue weighted by atomic mass is 9.71. The van der Waals surface area contributed by atoms with Gasteiger partial charge in [-0.1, -0.05) is 35.9 Å². The van der Waals surface area contributed by atoms with Crippen LogP contribution in [0.15, 0.2) is 65.0 Å². The summed E-state index contributed by atoms with van der Waals surface area (Å²) in [4.78, 5) is 27.5. The first kappa shape index (κ1) is 25.4. The normalized spacial score (nSPS) is 22.0. The summed E-state index contributed by atoms with van der Waals surface area (Å²) in [6.07, 6.45) is 4.75. The maximum absolute atomic E-state index is 13.9. The van der Waals surface area contributed by atoms with E-state index < -0.39 is 5.92 Å². The third-order valence-corrected chi connectivity index (χ3v) is 7.96. The van der Waals surface area contributed by atoms with Gasteiger partial charge in [0.05, 0.1) is 25.7 Å². The van der Waals surface area contributed by atoms with Crippen LogP contribution < -0.4 is 14.8 Å². The SMILES string of the molecule is COc1cccc([C@@H]2C(C(=O)OC3CCCC3)=C(C)NC3=C2C(=O)C[C@H](c2ccc(Cl)cc2)C3)c1OC. The fourth-order valence-corrected chi connectivity index (χ4v) is 6.08. The van der Waals surface area contributed by atoms with Crippen LogP contribution in [0.3, 0.4) is 0 Å². The number of Topliss-reactive ketones (excluding diaryl/α,β-unsaturated/α-hetero) is 1. The minimum Gasteiger partial charge on any atom is -0.493 e. The van der Waals surface area contributed by atoms with Gasteiger partial charge in [-0.25, -0.2) is 4.79 Å². The summed E-state index contributed by atoms with van der Waals surface area (Å²) in [6.45, 7) is 1.88. The number of hydrogen-bond acceptors (Lipinski definition) is 6. The molecule has 0 unspecified atom stereocenters. The lowest BCUT2D eigenvalue weighted by Crippen LogP contribution is -2.36. The zero-order chi connectivity index (χ0) is 26.1. The van der Waals surface area contributed by atoms with Gasteiger partial charge in [0.25, 0.3) is 0 Å². The van der Waals surface area contributed by atoms with Gasteiger partial charge in [-0.15, -0.1) is 0 Å². The van der Waals surface area contributed by atoms with Gasteiger partial charge in [-0.3, -0.25) is 4.79 Å². The molecule has 3 aliphatic rings. The molecule has 1 heterocycles. The number of carbonyl (C=O) groups excluding carboxylic acids is 2. The van der Waals surface area contributed by atoms with Crippen LogP contribution in [-0.4, -0.2) is 32.1 Å². The predicted octanol–water partition coefficient (Wildman–Crippen LogP) is 6.20. The second-order valence-corrected chi connectivity index (χ2v) is 10.4. The second-order valence-electron chi connectivity index (χ2n) is 9.96. The molecule has 2 atom stereocenters. The van der Waals surface area contributed by atoms with Crippen LogP contribution in [0.4, 0.5) is 0 Å². The Labute approximate surface area is 222 Å². The number of rotatable bonds is 6. The highest BCUT2D eigenvalue weighted by atomic mass is 35.5. The summed E-state index contributed by atoms with van der Waals surface area (Å²) < 4.78 is 17.3. The fraction of sp³-hybridized carbons (Fsp3) is 0.400. The van der Waals surface area contributed by atoms with E-state index in [2.05, 4.69) is 5.32 Å². The van der Waals surface area contributed by atoms with E-state index in [9.17, 15) is 9.59 Å². The van der Waals surface area contributed by atoms with Gasteiger partial charge in [-0.05, 0) is 68.7 Å². The number of ketones is 1. The first-order valence-corrected chi connectivity index (χ1v) is 13.2. The average molecular weight is 522 g/mol. The molecule has 37 heavy (non-hydrogen) atoms. The molecule has 2 aromatic rings. The Hall–Kier alpha value is -3.25. The van der Waals surface area contributed by atoms with Gasteiger partial charge in [0.2, 0.25) is 0 Å². The van der Waals surface area contributed by atoms with Gasteiger partial charge in [0, 0.05) is 34.0 Å². The standard InChI is InChI=1S/C30H32ClNO5/c1-17-26(30(34)37-21-7-4-5-8-21)27(22-9-6-10-25(35-2)29(22)36-3)28-23(32-17)15-19(16-24(28)33)18-11-13-20(31)14-12-18/h6,9-14,19,21,27,32H,4-5,7-8,15-16H2,1-3H3/t19-,27-/m1/s1. The molecule has 0 bridgehead atoms. The van der Waals surface area contributed by atoms with E-state index in [4.69, 9.17) is 25.8 Å². The number of methoxy groups -OCH3 is 2. The quantitative estimate of drug-likeness (QED) is 0.456. The Morgan fingerprint density at radius 1 is 1.00 bits per heavy atom. The summed E-state index contributed by atoms with van der Waals surface area (Å²) >= 11 is 6.10. The predicted molar refractivity (Wildman–Crippen MR) is 142 cm³/mol. The lowest BCUT2D eigenvalue weighted by molar-refractivity contribution is -0.144. The summed E-state index contributed by atoms with van der Waals surface area (Å²) in [5.74, 6) is 0.0743. The lowest BCUT2D eigenvalue weighted by Gasteiger charge is -2.37. The van der Waals surface area contributed by atoms with Gasteiger partial charge in [-0.2, -0.15) is 0 Å². The third kappa shape index (κ3) is 4.87. The van der Waals surface area contributed by atoms with E-state index in [1.54, 1.807) is 14.2 Å². The number of halogens is 1. The van der Waals surface area contributed by atoms with Crippen LogP contribution in [0.25, 0.3) is 0 Å². The zero-order valence-corrected chi connectivity index (χ0v) is 22.2. The van der Waals surface area contributed by atoms with Crippen LogP contribution >= 0.6 is 11.6 Å². The summed E-state index contributed by atoms with van der Waals surface area (Å²) in [7, 11) is 3.15. The van der Waals surface area contributed by atoms with E-state index in [-0.39, 0.29) is 23.8 Å². The number of benzene rings is 2. The maximum atomic E-state index is 13.9. The molecule has 0 spiro atoms. The molecule has 1 saturated carbocycles. The Balaban J connectivity index is 1.60. The number of hydrogen-bond donors (Lipinski definition) is 1. The molecule has 2 aliphatic carbocycles. The molecule has 7 heteroatoms. The Morgan fingerprint density at radius 2 is 1.73 bits per heavy atom. The van der Waals surface area contributed by atoms with Gasteiger partial charge >= 0.3 is 5.97 Å². The van der Waals surface area contributed by atoms with Gasteiger partial charge < -0.3 is 19.5 Å². The van der Waals surface area contributed by atoms with Crippen LogP contribution in [0, 0.1) is 0 Å². The van der Waals surface area contributed by atoms with Crippen molar-refractivity contribution >= 4 is 23.4 Å². The molecule has 0 amide bonds. The molecule has 0 aromatic heterocycles. The van der Waals surface area contributed by atoms with Gasteiger partial charge in [0.1, 0.15) is 6.10 Å². The number of nitrogens with one attached hydrogen (secondary N) is 1. The van der Waals surface area contributed by atoms with Gasteiger partial charge in [0.15, 0.2) is 17.3 Å². The average Bonchev–Trinajstić information content (AvgIpc) is 3.40. The minimum atomic E-state index is -0.617. The highest BCUT2D eigenvalue weighted by molar-refractivity contribution is 6.30. The highest BCUT2D eigenvalue weighted by Crippen LogP contribution is 2.49. The van der Waals surface area contributed by atoms with E-state index >= 15 is 0 Å². The van der Waals surface area contributed by atoms with E-state index in [0.29, 0.717) is 51.8 Å². The second kappa shape index (κ2) is 10.6.